The van der Waals surface area contributed by atoms with Gasteiger partial charge in [-0.05, 0) is 19.4 Å². The monoisotopic (exact) mass is 362 g/mol. The SMILES string of the molecule is CCCCCCCCCCCCCCCC(=O)c1cccc[n+]1OCC. The first-order chi connectivity index (χ1) is 12.8. The van der Waals surface area contributed by atoms with Crippen LogP contribution < -0.4 is 9.57 Å². The molecule has 0 aromatic carbocycles. The maximum Gasteiger partial charge on any atom is 0.300 e. The average molecular weight is 363 g/mol. The van der Waals surface area contributed by atoms with Gasteiger partial charge in [-0.3, -0.25) is 9.63 Å². The number of carbonyl (C=O) groups is 1. The zero-order valence-corrected chi connectivity index (χ0v) is 17.2. The van der Waals surface area contributed by atoms with Crippen molar-refractivity contribution in [2.24, 2.45) is 0 Å². The third-order valence-electron chi connectivity index (χ3n) is 4.89. The summed E-state index contributed by atoms with van der Waals surface area (Å²) in [5.41, 5.74) is 0.660. The van der Waals surface area contributed by atoms with E-state index in [2.05, 4.69) is 6.92 Å². The van der Waals surface area contributed by atoms with Crippen molar-refractivity contribution in [3.05, 3.63) is 30.1 Å². The molecule has 3 heteroatoms. The van der Waals surface area contributed by atoms with Gasteiger partial charge < -0.3 is 0 Å². The Labute approximate surface area is 161 Å². The van der Waals surface area contributed by atoms with Crippen molar-refractivity contribution >= 4 is 5.78 Å². The lowest BCUT2D eigenvalue weighted by Crippen LogP contribution is -2.47. The van der Waals surface area contributed by atoms with E-state index in [4.69, 9.17) is 4.84 Å². The molecular formula is C23H40NO2+. The van der Waals surface area contributed by atoms with Gasteiger partial charge in [-0.25, -0.2) is 0 Å². The minimum absolute atomic E-state index is 0.183. The van der Waals surface area contributed by atoms with Crippen molar-refractivity contribution in [2.75, 3.05) is 6.61 Å². The highest BCUT2D eigenvalue weighted by molar-refractivity contribution is 5.92. The second-order valence-electron chi connectivity index (χ2n) is 7.25. The number of Topliss-reactive ketones (excluding diaryl/α,β-unsaturated/α-hetero) is 1. The van der Waals surface area contributed by atoms with Crippen LogP contribution in [0.15, 0.2) is 24.4 Å². The van der Waals surface area contributed by atoms with Gasteiger partial charge in [-0.2, -0.15) is 0 Å². The number of nitrogens with zero attached hydrogens (tertiary/aromatic N) is 1. The standard InChI is InChI=1S/C23H40NO2/c1-3-5-6-7-8-9-10-11-12-13-14-15-16-20-23(25)22-19-17-18-21-24(22)26-4-2/h17-19,21H,3-16,20H2,1-2H3/q+1. The molecule has 0 saturated heterocycles. The molecule has 0 unspecified atom stereocenters. The maximum absolute atomic E-state index is 12.3. The van der Waals surface area contributed by atoms with Gasteiger partial charge in [0.15, 0.2) is 6.61 Å². The third-order valence-corrected chi connectivity index (χ3v) is 4.89. The van der Waals surface area contributed by atoms with Crippen LogP contribution in [0.3, 0.4) is 0 Å². The molecule has 0 N–H and O–H groups in total. The molecule has 0 radical (unpaired) electrons. The predicted octanol–water partition coefficient (Wildman–Crippen LogP) is 6.09. The Kier molecular flexibility index (Phi) is 13.8. The van der Waals surface area contributed by atoms with Crippen LogP contribution in [0, 0.1) is 0 Å². The molecule has 1 aromatic heterocycles. The van der Waals surface area contributed by atoms with E-state index < -0.39 is 0 Å². The van der Waals surface area contributed by atoms with Gasteiger partial charge in [-0.15, -0.1) is 0 Å². The Morgan fingerprint density at radius 1 is 0.808 bits per heavy atom. The number of pyridine rings is 1. The molecule has 0 saturated carbocycles. The number of hydrogen-bond donors (Lipinski definition) is 0. The summed E-state index contributed by atoms with van der Waals surface area (Å²) in [6.07, 6.45) is 19.7. The number of carbonyl (C=O) groups excluding carboxylic acids is 1. The number of unbranched alkanes of at least 4 members (excludes halogenated alkanes) is 12. The Morgan fingerprint density at radius 2 is 1.35 bits per heavy atom. The minimum Gasteiger partial charge on any atom is -0.287 e. The molecule has 1 aromatic rings. The fourth-order valence-corrected chi connectivity index (χ4v) is 3.33. The first-order valence-electron chi connectivity index (χ1n) is 11.0. The van der Waals surface area contributed by atoms with Crippen molar-refractivity contribution in [1.29, 1.82) is 0 Å². The zero-order chi connectivity index (χ0) is 18.9. The summed E-state index contributed by atoms with van der Waals surface area (Å²) in [5, 5.41) is 0. The molecule has 1 rings (SSSR count). The third kappa shape index (κ3) is 10.6. The summed E-state index contributed by atoms with van der Waals surface area (Å²) in [5.74, 6) is 0.183. The molecule has 0 aliphatic heterocycles. The van der Waals surface area contributed by atoms with Crippen LogP contribution in [0.25, 0.3) is 0 Å². The summed E-state index contributed by atoms with van der Waals surface area (Å²) in [6, 6.07) is 5.63. The number of hydrogen-bond acceptors (Lipinski definition) is 2. The van der Waals surface area contributed by atoms with Gasteiger partial charge >= 0.3 is 0 Å². The van der Waals surface area contributed by atoms with E-state index in [-0.39, 0.29) is 5.78 Å². The van der Waals surface area contributed by atoms with Crippen molar-refractivity contribution in [2.45, 2.75) is 104 Å². The van der Waals surface area contributed by atoms with Gasteiger partial charge in [0, 0.05) is 23.3 Å². The average Bonchev–Trinajstić information content (AvgIpc) is 2.66. The predicted molar refractivity (Wildman–Crippen MR) is 108 cm³/mol. The molecule has 0 bridgehead atoms. The van der Waals surface area contributed by atoms with E-state index in [9.17, 15) is 4.79 Å². The van der Waals surface area contributed by atoms with Crippen LogP contribution in [-0.4, -0.2) is 12.4 Å². The molecular weight excluding hydrogens is 322 g/mol. The first-order valence-corrected chi connectivity index (χ1v) is 11.0. The Hall–Kier alpha value is -1.38. The first kappa shape index (κ1) is 22.7. The second-order valence-corrected chi connectivity index (χ2v) is 7.25. The molecule has 1 heterocycles. The Bertz CT molecular complexity index is 473. The van der Waals surface area contributed by atoms with Crippen molar-refractivity contribution in [3.8, 4) is 0 Å². The summed E-state index contributed by atoms with van der Waals surface area (Å²) >= 11 is 0. The molecule has 148 valence electrons. The van der Waals surface area contributed by atoms with E-state index in [1.54, 1.807) is 10.9 Å². The van der Waals surface area contributed by atoms with Gasteiger partial charge in [-0.1, -0.05) is 84.0 Å². The quantitative estimate of drug-likeness (QED) is 0.191. The topological polar surface area (TPSA) is 30.2 Å². The van der Waals surface area contributed by atoms with Crippen LogP contribution in [0.1, 0.15) is 114 Å². The maximum atomic E-state index is 12.3. The highest BCUT2D eigenvalue weighted by Gasteiger charge is 2.19. The summed E-state index contributed by atoms with van der Waals surface area (Å²) in [4.78, 5) is 17.8. The van der Waals surface area contributed by atoms with Crippen LogP contribution in [0.5, 0.6) is 0 Å². The number of aromatic nitrogens is 1. The lowest BCUT2D eigenvalue weighted by atomic mass is 10.0. The lowest BCUT2D eigenvalue weighted by Gasteiger charge is -2.03. The van der Waals surface area contributed by atoms with Crippen LogP contribution in [0.4, 0.5) is 0 Å². The smallest absolute Gasteiger partial charge is 0.287 e. The molecule has 0 fully saturated rings. The highest BCUT2D eigenvalue weighted by atomic mass is 16.7. The fraction of sp³-hybridized carbons (Fsp3) is 0.739. The molecule has 0 atom stereocenters. The molecule has 0 amide bonds. The number of rotatable bonds is 17. The zero-order valence-electron chi connectivity index (χ0n) is 17.2. The summed E-state index contributed by atoms with van der Waals surface area (Å²) in [6.45, 7) is 4.77. The van der Waals surface area contributed by atoms with E-state index in [0.29, 0.717) is 18.7 Å². The van der Waals surface area contributed by atoms with Crippen molar-refractivity contribution in [1.82, 2.24) is 0 Å². The fourth-order valence-electron chi connectivity index (χ4n) is 3.33. The Morgan fingerprint density at radius 3 is 1.88 bits per heavy atom. The van der Waals surface area contributed by atoms with Crippen LogP contribution in [-0.2, 0) is 0 Å². The largest absolute Gasteiger partial charge is 0.300 e. The summed E-state index contributed by atoms with van der Waals surface area (Å²) in [7, 11) is 0. The van der Waals surface area contributed by atoms with Crippen molar-refractivity contribution < 1.29 is 14.4 Å². The molecule has 3 nitrogen and oxygen atoms in total. The minimum atomic E-state index is 0.183. The van der Waals surface area contributed by atoms with Crippen LogP contribution in [0.2, 0.25) is 0 Å². The molecule has 26 heavy (non-hydrogen) atoms. The van der Waals surface area contributed by atoms with Crippen molar-refractivity contribution in [3.63, 3.8) is 0 Å². The van der Waals surface area contributed by atoms with E-state index in [1.165, 1.54) is 70.6 Å². The molecule has 0 spiro atoms. The second kappa shape index (κ2) is 15.8. The van der Waals surface area contributed by atoms with E-state index in [1.807, 2.05) is 25.1 Å². The van der Waals surface area contributed by atoms with Gasteiger partial charge in [0.2, 0.25) is 12.0 Å². The summed E-state index contributed by atoms with van der Waals surface area (Å²) < 4.78 is 1.60. The lowest BCUT2D eigenvalue weighted by molar-refractivity contribution is -0.892. The Balaban J connectivity index is 1.98. The van der Waals surface area contributed by atoms with Crippen LogP contribution >= 0.6 is 0 Å². The van der Waals surface area contributed by atoms with Gasteiger partial charge in [0.05, 0.1) is 0 Å². The van der Waals surface area contributed by atoms with E-state index >= 15 is 0 Å². The normalized spacial score (nSPS) is 10.8. The molecule has 0 aliphatic carbocycles. The highest BCUT2D eigenvalue weighted by Crippen LogP contribution is 2.13. The molecule has 0 aliphatic rings. The van der Waals surface area contributed by atoms with E-state index in [0.717, 1.165) is 12.8 Å². The van der Waals surface area contributed by atoms with Gasteiger partial charge in [0.1, 0.15) is 0 Å². The number of ketones is 1. The van der Waals surface area contributed by atoms with Gasteiger partial charge in [0.25, 0.3) is 5.69 Å².